The zero-order valence-corrected chi connectivity index (χ0v) is 13.7. The second-order valence-corrected chi connectivity index (χ2v) is 6.06. The van der Waals surface area contributed by atoms with Crippen molar-refractivity contribution >= 4 is 28.3 Å². The monoisotopic (exact) mass is 380 g/mol. The van der Waals surface area contributed by atoms with Gasteiger partial charge in [-0.2, -0.15) is 13.2 Å². The molecule has 6 nitrogen and oxygen atoms in total. The predicted molar refractivity (Wildman–Crippen MR) is 89.8 cm³/mol. The molecular formula is C16H11F3N4O2S. The number of amides is 2. The van der Waals surface area contributed by atoms with Crippen molar-refractivity contribution in [3.63, 3.8) is 0 Å². The van der Waals surface area contributed by atoms with Gasteiger partial charge in [-0.1, -0.05) is 12.1 Å². The Morgan fingerprint density at radius 2 is 1.96 bits per heavy atom. The second kappa shape index (κ2) is 6.64. The van der Waals surface area contributed by atoms with Crippen molar-refractivity contribution in [3.8, 4) is 11.3 Å². The summed E-state index contributed by atoms with van der Waals surface area (Å²) in [6, 6.07) is 5.99. The zero-order chi connectivity index (χ0) is 18.9. The van der Waals surface area contributed by atoms with Gasteiger partial charge in [0.15, 0.2) is 5.13 Å². The summed E-state index contributed by atoms with van der Waals surface area (Å²) in [5.74, 6) is -1.55. The molecule has 0 saturated carbocycles. The van der Waals surface area contributed by atoms with E-state index in [9.17, 15) is 22.8 Å². The number of primary amides is 1. The van der Waals surface area contributed by atoms with E-state index in [1.165, 1.54) is 24.4 Å². The Balaban J connectivity index is 1.81. The number of benzene rings is 1. The lowest BCUT2D eigenvalue weighted by atomic mass is 10.1. The van der Waals surface area contributed by atoms with E-state index in [0.29, 0.717) is 11.3 Å². The van der Waals surface area contributed by atoms with E-state index in [4.69, 9.17) is 5.73 Å². The topological polar surface area (TPSA) is 101 Å². The number of alkyl halides is 3. The summed E-state index contributed by atoms with van der Waals surface area (Å²) < 4.78 is 39.0. The lowest BCUT2D eigenvalue weighted by Gasteiger charge is -2.11. The van der Waals surface area contributed by atoms with Gasteiger partial charge in [0.25, 0.3) is 11.8 Å². The minimum Gasteiger partial charge on any atom is -0.364 e. The summed E-state index contributed by atoms with van der Waals surface area (Å²) >= 11 is 1.04. The van der Waals surface area contributed by atoms with E-state index in [0.717, 1.165) is 23.5 Å². The Hall–Kier alpha value is -3.14. The number of thiazole rings is 1. The van der Waals surface area contributed by atoms with E-state index < -0.39 is 29.1 Å². The van der Waals surface area contributed by atoms with E-state index in [-0.39, 0.29) is 10.8 Å². The quantitative estimate of drug-likeness (QED) is 0.646. The van der Waals surface area contributed by atoms with Gasteiger partial charge >= 0.3 is 6.18 Å². The molecule has 0 unspecified atom stereocenters. The fourth-order valence-corrected chi connectivity index (χ4v) is 2.96. The summed E-state index contributed by atoms with van der Waals surface area (Å²) in [5.41, 5.74) is 4.84. The number of hydrogen-bond acceptors (Lipinski definition) is 4. The van der Waals surface area contributed by atoms with Crippen molar-refractivity contribution in [1.29, 1.82) is 0 Å². The van der Waals surface area contributed by atoms with Crippen LogP contribution in [0.4, 0.5) is 18.3 Å². The number of nitrogens with two attached hydrogens (primary N) is 1. The average molecular weight is 380 g/mol. The average Bonchev–Trinajstić information content (AvgIpc) is 3.23. The molecule has 26 heavy (non-hydrogen) atoms. The number of aromatic amines is 1. The standard InChI is InChI=1S/C16H11F3N4O2S/c17-16(18,19)10-4-2-1-3-9(10)14(25)23-15-22-12(7-26-15)8-5-11(13(20)24)21-6-8/h1-7,21H,(H2,20,24)(H,22,23,25). The Bertz CT molecular complexity index is 978. The number of hydrogen-bond donors (Lipinski definition) is 3. The fourth-order valence-electron chi connectivity index (χ4n) is 2.24. The summed E-state index contributed by atoms with van der Waals surface area (Å²) in [5, 5.41) is 4.08. The van der Waals surface area contributed by atoms with Crippen LogP contribution in [-0.2, 0) is 6.18 Å². The molecule has 0 aliphatic rings. The van der Waals surface area contributed by atoms with Crippen molar-refractivity contribution in [3.05, 3.63) is 58.7 Å². The summed E-state index contributed by atoms with van der Waals surface area (Å²) in [6.07, 6.45) is -3.13. The van der Waals surface area contributed by atoms with Crippen LogP contribution in [0.25, 0.3) is 11.3 Å². The van der Waals surface area contributed by atoms with E-state index >= 15 is 0 Å². The number of carbonyl (C=O) groups is 2. The lowest BCUT2D eigenvalue weighted by Crippen LogP contribution is -2.18. The molecule has 2 amide bonds. The van der Waals surface area contributed by atoms with Crippen LogP contribution in [0, 0.1) is 0 Å². The molecule has 0 bridgehead atoms. The van der Waals surface area contributed by atoms with Gasteiger partial charge in [-0.05, 0) is 18.2 Å². The molecule has 2 heterocycles. The Labute approximate surface area is 148 Å². The van der Waals surface area contributed by atoms with Crippen LogP contribution in [-0.4, -0.2) is 21.8 Å². The van der Waals surface area contributed by atoms with Gasteiger partial charge in [-0.15, -0.1) is 11.3 Å². The molecule has 4 N–H and O–H groups in total. The molecular weight excluding hydrogens is 369 g/mol. The van der Waals surface area contributed by atoms with Gasteiger partial charge in [-0.25, -0.2) is 4.98 Å². The van der Waals surface area contributed by atoms with Crippen molar-refractivity contribution in [2.45, 2.75) is 6.18 Å². The van der Waals surface area contributed by atoms with E-state index in [1.54, 1.807) is 5.38 Å². The molecule has 0 saturated heterocycles. The molecule has 10 heteroatoms. The Kier molecular flexibility index (Phi) is 4.51. The molecule has 0 fully saturated rings. The second-order valence-electron chi connectivity index (χ2n) is 5.20. The maximum absolute atomic E-state index is 13.0. The highest BCUT2D eigenvalue weighted by Crippen LogP contribution is 2.32. The van der Waals surface area contributed by atoms with Crippen LogP contribution in [0.1, 0.15) is 26.4 Å². The zero-order valence-electron chi connectivity index (χ0n) is 12.9. The number of halogens is 3. The molecule has 0 radical (unpaired) electrons. The third-order valence-corrected chi connectivity index (χ3v) is 4.20. The third-order valence-electron chi connectivity index (χ3n) is 3.45. The SMILES string of the molecule is NC(=O)c1cc(-c2csc(NC(=O)c3ccccc3C(F)(F)F)n2)c[nH]1. The largest absolute Gasteiger partial charge is 0.417 e. The first-order valence-electron chi connectivity index (χ1n) is 7.17. The smallest absolute Gasteiger partial charge is 0.364 e. The molecule has 134 valence electrons. The normalized spacial score (nSPS) is 11.3. The third kappa shape index (κ3) is 3.59. The van der Waals surface area contributed by atoms with E-state index in [1.807, 2.05) is 0 Å². The first-order chi connectivity index (χ1) is 12.3. The summed E-state index contributed by atoms with van der Waals surface area (Å²) in [4.78, 5) is 30.1. The molecule has 3 aromatic rings. The van der Waals surface area contributed by atoms with Crippen LogP contribution in [0.5, 0.6) is 0 Å². The molecule has 0 spiro atoms. The number of anilines is 1. The fraction of sp³-hybridized carbons (Fsp3) is 0.0625. The number of H-pyrrole nitrogens is 1. The highest BCUT2D eigenvalue weighted by molar-refractivity contribution is 7.14. The number of aromatic nitrogens is 2. The minimum absolute atomic E-state index is 0.129. The highest BCUT2D eigenvalue weighted by atomic mass is 32.1. The highest BCUT2D eigenvalue weighted by Gasteiger charge is 2.34. The lowest BCUT2D eigenvalue weighted by molar-refractivity contribution is -0.137. The molecule has 3 rings (SSSR count). The van der Waals surface area contributed by atoms with Crippen LogP contribution in [0.2, 0.25) is 0 Å². The number of nitrogens with one attached hydrogen (secondary N) is 2. The number of rotatable bonds is 4. The van der Waals surface area contributed by atoms with Gasteiger partial charge in [0.2, 0.25) is 0 Å². The van der Waals surface area contributed by atoms with Crippen LogP contribution < -0.4 is 11.1 Å². The van der Waals surface area contributed by atoms with Gasteiger partial charge < -0.3 is 10.7 Å². The summed E-state index contributed by atoms with van der Waals surface area (Å²) in [6.45, 7) is 0. The Morgan fingerprint density at radius 1 is 1.23 bits per heavy atom. The van der Waals surface area contributed by atoms with E-state index in [2.05, 4.69) is 15.3 Å². The predicted octanol–water partition coefficient (Wildman–Crippen LogP) is 3.51. The van der Waals surface area contributed by atoms with Gasteiger partial charge in [-0.3, -0.25) is 14.9 Å². The molecule has 0 atom stereocenters. The maximum atomic E-state index is 13.0. The number of nitrogens with zero attached hydrogens (tertiary/aromatic N) is 1. The Morgan fingerprint density at radius 3 is 2.62 bits per heavy atom. The first-order valence-corrected chi connectivity index (χ1v) is 8.05. The number of carbonyl (C=O) groups excluding carboxylic acids is 2. The van der Waals surface area contributed by atoms with Crippen molar-refractivity contribution in [2.24, 2.45) is 5.73 Å². The molecule has 0 aliphatic carbocycles. The van der Waals surface area contributed by atoms with Crippen LogP contribution in [0.15, 0.2) is 41.9 Å². The molecule has 2 aromatic heterocycles. The minimum atomic E-state index is -4.64. The van der Waals surface area contributed by atoms with Gasteiger partial charge in [0, 0.05) is 17.1 Å². The van der Waals surface area contributed by atoms with Crippen LogP contribution >= 0.6 is 11.3 Å². The van der Waals surface area contributed by atoms with Gasteiger partial charge in [0.1, 0.15) is 5.69 Å². The van der Waals surface area contributed by atoms with Gasteiger partial charge in [0.05, 0.1) is 16.8 Å². The molecule has 1 aromatic carbocycles. The van der Waals surface area contributed by atoms with Crippen LogP contribution in [0.3, 0.4) is 0 Å². The molecule has 0 aliphatic heterocycles. The summed E-state index contributed by atoms with van der Waals surface area (Å²) in [7, 11) is 0. The maximum Gasteiger partial charge on any atom is 0.417 e. The first kappa shape index (κ1) is 17.7. The van der Waals surface area contributed by atoms with Crippen molar-refractivity contribution in [1.82, 2.24) is 9.97 Å². The van der Waals surface area contributed by atoms with Crippen molar-refractivity contribution in [2.75, 3.05) is 5.32 Å². The van der Waals surface area contributed by atoms with Crippen molar-refractivity contribution < 1.29 is 22.8 Å².